The molecule has 0 bridgehead atoms. The molecule has 0 amide bonds. The van der Waals surface area contributed by atoms with Crippen molar-refractivity contribution in [3.63, 3.8) is 0 Å². The molecule has 16 heavy (non-hydrogen) atoms. The first kappa shape index (κ1) is 15.8. The zero-order valence-electron chi connectivity index (χ0n) is 11.0. The molecule has 1 N–H and O–H groups in total. The van der Waals surface area contributed by atoms with Crippen LogP contribution < -0.4 is 5.32 Å². The summed E-state index contributed by atoms with van der Waals surface area (Å²) in [5.74, 6) is 0.586. The first-order chi connectivity index (χ1) is 7.81. The van der Waals surface area contributed by atoms with Crippen molar-refractivity contribution in [2.24, 2.45) is 5.92 Å². The van der Waals surface area contributed by atoms with Gasteiger partial charge < -0.3 is 19.5 Å². The zero-order valence-corrected chi connectivity index (χ0v) is 11.0. The Kier molecular flexibility index (Phi) is 12.8. The van der Waals surface area contributed by atoms with Crippen molar-refractivity contribution in [2.75, 3.05) is 53.7 Å². The quantitative estimate of drug-likeness (QED) is 0.516. The van der Waals surface area contributed by atoms with Gasteiger partial charge in [-0.25, -0.2) is 0 Å². The lowest BCUT2D eigenvalue weighted by Crippen LogP contribution is -2.24. The van der Waals surface area contributed by atoms with Gasteiger partial charge in [-0.05, 0) is 31.8 Å². The molecule has 0 aliphatic rings. The largest absolute Gasteiger partial charge is 0.384 e. The van der Waals surface area contributed by atoms with E-state index in [2.05, 4.69) is 12.2 Å². The lowest BCUT2D eigenvalue weighted by Gasteiger charge is -2.11. The maximum absolute atomic E-state index is 5.37. The Labute approximate surface area is 99.6 Å². The Balaban J connectivity index is 2.98. The molecule has 0 rings (SSSR count). The van der Waals surface area contributed by atoms with E-state index in [-0.39, 0.29) is 0 Å². The number of hydrogen-bond acceptors (Lipinski definition) is 4. The van der Waals surface area contributed by atoms with Crippen LogP contribution in [0.2, 0.25) is 0 Å². The summed E-state index contributed by atoms with van der Waals surface area (Å²) in [5.41, 5.74) is 0. The molecule has 0 aromatic carbocycles. The van der Waals surface area contributed by atoms with Gasteiger partial charge in [0.2, 0.25) is 0 Å². The minimum atomic E-state index is 0.586. The summed E-state index contributed by atoms with van der Waals surface area (Å²) in [4.78, 5) is 0. The normalized spacial score (nSPS) is 12.9. The van der Waals surface area contributed by atoms with E-state index in [4.69, 9.17) is 14.2 Å². The first-order valence-corrected chi connectivity index (χ1v) is 6.07. The molecule has 0 radical (unpaired) electrons. The molecule has 0 heterocycles. The lowest BCUT2D eigenvalue weighted by atomic mass is 10.2. The van der Waals surface area contributed by atoms with Crippen molar-refractivity contribution in [1.82, 2.24) is 5.32 Å². The van der Waals surface area contributed by atoms with E-state index < -0.39 is 0 Å². The minimum Gasteiger partial charge on any atom is -0.384 e. The van der Waals surface area contributed by atoms with Crippen LogP contribution in [0.4, 0.5) is 0 Å². The highest BCUT2D eigenvalue weighted by Crippen LogP contribution is 1.93. The number of rotatable bonds is 12. The molecule has 0 saturated carbocycles. The number of ether oxygens (including phenoxy) is 3. The van der Waals surface area contributed by atoms with Crippen molar-refractivity contribution >= 4 is 0 Å². The smallest absolute Gasteiger partial charge is 0.0700 e. The van der Waals surface area contributed by atoms with Crippen LogP contribution >= 0.6 is 0 Å². The van der Waals surface area contributed by atoms with Gasteiger partial charge in [-0.15, -0.1) is 0 Å². The van der Waals surface area contributed by atoms with Crippen LogP contribution in [0.15, 0.2) is 0 Å². The number of nitrogens with one attached hydrogen (secondary N) is 1. The van der Waals surface area contributed by atoms with Gasteiger partial charge in [-0.3, -0.25) is 0 Å². The minimum absolute atomic E-state index is 0.586. The predicted molar refractivity (Wildman–Crippen MR) is 65.8 cm³/mol. The molecule has 4 nitrogen and oxygen atoms in total. The van der Waals surface area contributed by atoms with E-state index in [1.165, 1.54) is 0 Å². The van der Waals surface area contributed by atoms with Crippen LogP contribution in [0.5, 0.6) is 0 Å². The topological polar surface area (TPSA) is 39.7 Å². The maximum Gasteiger partial charge on any atom is 0.0700 e. The Bertz CT molecular complexity index is 133. The van der Waals surface area contributed by atoms with Crippen LogP contribution in [0.3, 0.4) is 0 Å². The number of hydrogen-bond donors (Lipinski definition) is 1. The van der Waals surface area contributed by atoms with Crippen LogP contribution in [-0.4, -0.2) is 53.7 Å². The van der Waals surface area contributed by atoms with Crippen LogP contribution in [0.1, 0.15) is 19.8 Å². The van der Waals surface area contributed by atoms with E-state index in [1.54, 1.807) is 14.2 Å². The van der Waals surface area contributed by atoms with Crippen LogP contribution in [0.25, 0.3) is 0 Å². The molecule has 0 fully saturated rings. The second-order valence-electron chi connectivity index (χ2n) is 4.08. The molecule has 0 saturated heterocycles. The van der Waals surface area contributed by atoms with Gasteiger partial charge in [0.15, 0.2) is 0 Å². The fourth-order valence-electron chi connectivity index (χ4n) is 1.39. The van der Waals surface area contributed by atoms with Crippen LogP contribution in [0, 0.1) is 5.92 Å². The summed E-state index contributed by atoms with van der Waals surface area (Å²) in [6.45, 7) is 7.32. The Morgan fingerprint density at radius 2 is 1.81 bits per heavy atom. The second-order valence-corrected chi connectivity index (χ2v) is 4.08. The summed E-state index contributed by atoms with van der Waals surface area (Å²) >= 11 is 0. The Hall–Kier alpha value is -0.160. The van der Waals surface area contributed by atoms with Crippen LogP contribution in [-0.2, 0) is 14.2 Å². The fraction of sp³-hybridized carbons (Fsp3) is 1.00. The van der Waals surface area contributed by atoms with E-state index in [0.29, 0.717) is 19.1 Å². The molecule has 0 aliphatic carbocycles. The van der Waals surface area contributed by atoms with Gasteiger partial charge in [0, 0.05) is 27.4 Å². The monoisotopic (exact) mass is 233 g/mol. The molecule has 1 atom stereocenters. The Morgan fingerprint density at radius 3 is 2.50 bits per heavy atom. The molecule has 1 unspecified atom stereocenters. The highest BCUT2D eigenvalue weighted by Gasteiger charge is 1.99. The summed E-state index contributed by atoms with van der Waals surface area (Å²) in [6.07, 6.45) is 2.27. The third kappa shape index (κ3) is 11.9. The van der Waals surface area contributed by atoms with Crippen molar-refractivity contribution in [3.8, 4) is 0 Å². The molecule has 0 aliphatic heterocycles. The van der Waals surface area contributed by atoms with Crippen molar-refractivity contribution in [3.05, 3.63) is 0 Å². The second kappa shape index (κ2) is 12.9. The van der Waals surface area contributed by atoms with Gasteiger partial charge in [-0.1, -0.05) is 6.92 Å². The fourth-order valence-corrected chi connectivity index (χ4v) is 1.39. The summed E-state index contributed by atoms with van der Waals surface area (Å²) in [7, 11) is 3.43. The predicted octanol–water partition coefficient (Wildman–Crippen LogP) is 1.30. The summed E-state index contributed by atoms with van der Waals surface area (Å²) < 4.78 is 15.3. The zero-order chi connectivity index (χ0) is 12.1. The average Bonchev–Trinajstić information content (AvgIpc) is 2.27. The number of methoxy groups -OCH3 is 2. The molecule has 98 valence electrons. The molecule has 0 spiro atoms. The molecular formula is C12H27NO3. The van der Waals surface area contributed by atoms with Crippen molar-refractivity contribution in [2.45, 2.75) is 19.8 Å². The summed E-state index contributed by atoms with van der Waals surface area (Å²) in [5, 5.41) is 3.41. The molecule has 0 aromatic heterocycles. The highest BCUT2D eigenvalue weighted by molar-refractivity contribution is 4.55. The van der Waals surface area contributed by atoms with E-state index in [0.717, 1.165) is 39.1 Å². The molecule has 4 heteroatoms. The van der Waals surface area contributed by atoms with Gasteiger partial charge in [-0.2, -0.15) is 0 Å². The van der Waals surface area contributed by atoms with Gasteiger partial charge in [0.1, 0.15) is 0 Å². The van der Waals surface area contributed by atoms with E-state index in [9.17, 15) is 0 Å². The van der Waals surface area contributed by atoms with Gasteiger partial charge >= 0.3 is 0 Å². The average molecular weight is 233 g/mol. The standard InChI is InChI=1S/C12H27NO3/c1-12(11-15-3)10-13-6-4-5-7-16-9-8-14-2/h12-13H,4-11H2,1-3H3. The van der Waals surface area contributed by atoms with Crippen molar-refractivity contribution < 1.29 is 14.2 Å². The Morgan fingerprint density at radius 1 is 1.00 bits per heavy atom. The van der Waals surface area contributed by atoms with Gasteiger partial charge in [0.05, 0.1) is 13.2 Å². The summed E-state index contributed by atoms with van der Waals surface area (Å²) in [6, 6.07) is 0. The van der Waals surface area contributed by atoms with Gasteiger partial charge in [0.25, 0.3) is 0 Å². The molecular weight excluding hydrogens is 206 g/mol. The highest BCUT2D eigenvalue weighted by atomic mass is 16.5. The van der Waals surface area contributed by atoms with Crippen molar-refractivity contribution in [1.29, 1.82) is 0 Å². The molecule has 0 aromatic rings. The number of unbranched alkanes of at least 4 members (excludes halogenated alkanes) is 1. The third-order valence-corrected chi connectivity index (χ3v) is 2.27. The first-order valence-electron chi connectivity index (χ1n) is 6.07. The maximum atomic E-state index is 5.37. The SMILES string of the molecule is COCCOCCCCNCC(C)COC. The van der Waals surface area contributed by atoms with E-state index in [1.807, 2.05) is 0 Å². The lowest BCUT2D eigenvalue weighted by molar-refractivity contribution is 0.0687. The third-order valence-electron chi connectivity index (χ3n) is 2.27. The van der Waals surface area contributed by atoms with E-state index >= 15 is 0 Å².